The van der Waals surface area contributed by atoms with Crippen LogP contribution in [0.4, 0.5) is 0 Å². The lowest BCUT2D eigenvalue weighted by molar-refractivity contribution is 0.0785. The molecule has 0 saturated carbocycles. The van der Waals surface area contributed by atoms with E-state index in [0.717, 1.165) is 16.9 Å². The fourth-order valence-corrected chi connectivity index (χ4v) is 4.19. The Hall–Kier alpha value is -2.92. The SMILES string of the molecule is Cc1ccccc1-n1ncc(C(=O)N2C[C@@H](CN)[C@H](c3ccccc3)C2)c1C. The third-order valence-corrected chi connectivity index (χ3v) is 5.84. The molecular weight excluding hydrogens is 348 g/mol. The van der Waals surface area contributed by atoms with Crippen LogP contribution in [0.5, 0.6) is 0 Å². The number of aryl methyl sites for hydroxylation is 1. The van der Waals surface area contributed by atoms with Crippen LogP contribution >= 0.6 is 0 Å². The van der Waals surface area contributed by atoms with Crippen molar-refractivity contribution >= 4 is 5.91 Å². The summed E-state index contributed by atoms with van der Waals surface area (Å²) in [5.74, 6) is 0.592. The molecule has 1 fully saturated rings. The van der Waals surface area contributed by atoms with Gasteiger partial charge in [0.2, 0.25) is 0 Å². The van der Waals surface area contributed by atoms with E-state index in [2.05, 4.69) is 30.2 Å². The van der Waals surface area contributed by atoms with Crippen molar-refractivity contribution in [3.05, 3.63) is 83.2 Å². The molecule has 1 aliphatic rings. The van der Waals surface area contributed by atoms with Crippen molar-refractivity contribution in [2.45, 2.75) is 19.8 Å². The zero-order chi connectivity index (χ0) is 19.7. The second kappa shape index (κ2) is 7.60. The number of hydrogen-bond donors (Lipinski definition) is 1. The maximum absolute atomic E-state index is 13.3. The van der Waals surface area contributed by atoms with E-state index in [-0.39, 0.29) is 17.7 Å². The smallest absolute Gasteiger partial charge is 0.257 e. The minimum absolute atomic E-state index is 0.0363. The highest BCUT2D eigenvalue weighted by atomic mass is 16.2. The average molecular weight is 374 g/mol. The molecule has 3 aromatic rings. The van der Waals surface area contributed by atoms with E-state index >= 15 is 0 Å². The summed E-state index contributed by atoms with van der Waals surface area (Å²) in [5, 5.41) is 4.50. The Bertz CT molecular complexity index is 979. The van der Waals surface area contributed by atoms with Crippen molar-refractivity contribution in [2.24, 2.45) is 11.7 Å². The van der Waals surface area contributed by atoms with Gasteiger partial charge in [-0.1, -0.05) is 48.5 Å². The van der Waals surface area contributed by atoms with Crippen LogP contribution in [0.1, 0.15) is 33.1 Å². The number of amides is 1. The molecule has 2 atom stereocenters. The predicted molar refractivity (Wildman–Crippen MR) is 111 cm³/mol. The molecule has 0 bridgehead atoms. The van der Waals surface area contributed by atoms with Gasteiger partial charge >= 0.3 is 0 Å². The number of rotatable bonds is 4. The first kappa shape index (κ1) is 18.4. The molecule has 5 heteroatoms. The molecule has 1 aliphatic heterocycles. The minimum Gasteiger partial charge on any atom is -0.338 e. The van der Waals surface area contributed by atoms with Crippen LogP contribution in [0.25, 0.3) is 5.69 Å². The summed E-state index contributed by atoms with van der Waals surface area (Å²) in [7, 11) is 0. The number of carbonyl (C=O) groups excluding carboxylic acids is 1. The molecule has 0 aliphatic carbocycles. The fourth-order valence-electron chi connectivity index (χ4n) is 4.19. The van der Waals surface area contributed by atoms with E-state index in [1.165, 1.54) is 5.56 Å². The molecule has 1 aromatic heterocycles. The van der Waals surface area contributed by atoms with Crippen molar-refractivity contribution in [2.75, 3.05) is 19.6 Å². The van der Waals surface area contributed by atoms with Crippen LogP contribution in [0.15, 0.2) is 60.8 Å². The highest BCUT2D eigenvalue weighted by Crippen LogP contribution is 2.33. The summed E-state index contributed by atoms with van der Waals surface area (Å²) < 4.78 is 1.85. The number of hydrogen-bond acceptors (Lipinski definition) is 3. The Morgan fingerprint density at radius 2 is 1.79 bits per heavy atom. The van der Waals surface area contributed by atoms with Crippen LogP contribution in [0, 0.1) is 19.8 Å². The second-order valence-electron chi connectivity index (χ2n) is 7.57. The number of nitrogens with zero attached hydrogens (tertiary/aromatic N) is 3. The van der Waals surface area contributed by atoms with Crippen LogP contribution in [0.3, 0.4) is 0 Å². The minimum atomic E-state index is 0.0363. The summed E-state index contributed by atoms with van der Waals surface area (Å²) in [5.41, 5.74) is 10.9. The predicted octanol–water partition coefficient (Wildman–Crippen LogP) is 3.30. The van der Waals surface area contributed by atoms with E-state index in [9.17, 15) is 4.79 Å². The second-order valence-corrected chi connectivity index (χ2v) is 7.57. The number of likely N-dealkylation sites (tertiary alicyclic amines) is 1. The van der Waals surface area contributed by atoms with Crippen molar-refractivity contribution in [1.29, 1.82) is 0 Å². The summed E-state index contributed by atoms with van der Waals surface area (Å²) >= 11 is 0. The fraction of sp³-hybridized carbons (Fsp3) is 0.304. The molecule has 2 N–H and O–H groups in total. The van der Waals surface area contributed by atoms with Gasteiger partial charge in [-0.05, 0) is 43.5 Å². The average Bonchev–Trinajstić information content (AvgIpc) is 3.32. The molecule has 4 rings (SSSR count). The van der Waals surface area contributed by atoms with E-state index in [4.69, 9.17) is 5.73 Å². The highest BCUT2D eigenvalue weighted by molar-refractivity contribution is 5.95. The van der Waals surface area contributed by atoms with Gasteiger partial charge in [-0.25, -0.2) is 4.68 Å². The van der Waals surface area contributed by atoms with Crippen LogP contribution < -0.4 is 5.73 Å². The molecule has 0 radical (unpaired) electrons. The Morgan fingerprint density at radius 3 is 2.50 bits per heavy atom. The van der Waals surface area contributed by atoms with Gasteiger partial charge in [0.25, 0.3) is 5.91 Å². The first-order valence-corrected chi connectivity index (χ1v) is 9.75. The molecule has 5 nitrogen and oxygen atoms in total. The lowest BCUT2D eigenvalue weighted by Crippen LogP contribution is -2.30. The molecule has 1 saturated heterocycles. The van der Waals surface area contributed by atoms with Crippen LogP contribution in [-0.4, -0.2) is 40.2 Å². The number of nitrogens with two attached hydrogens (primary N) is 1. The van der Waals surface area contributed by atoms with Gasteiger partial charge in [0.1, 0.15) is 0 Å². The summed E-state index contributed by atoms with van der Waals surface area (Å²) in [6.07, 6.45) is 1.69. The van der Waals surface area contributed by atoms with E-state index in [0.29, 0.717) is 25.2 Å². The lowest BCUT2D eigenvalue weighted by Gasteiger charge is -2.17. The highest BCUT2D eigenvalue weighted by Gasteiger charge is 2.36. The number of para-hydroxylation sites is 1. The normalized spacial score (nSPS) is 19.2. The first-order valence-electron chi connectivity index (χ1n) is 9.75. The molecule has 144 valence electrons. The number of benzene rings is 2. The standard InChI is InChI=1S/C23H26N4O/c1-16-8-6-7-11-22(16)27-17(2)20(13-25-27)23(28)26-14-19(12-24)21(15-26)18-9-4-3-5-10-18/h3-11,13,19,21H,12,14-15,24H2,1-2H3/t19-,21+/m1/s1. The molecule has 0 spiro atoms. The number of carbonyl (C=O) groups is 1. The summed E-state index contributed by atoms with van der Waals surface area (Å²) in [6, 6.07) is 18.4. The largest absolute Gasteiger partial charge is 0.338 e. The van der Waals surface area contributed by atoms with Crippen LogP contribution in [-0.2, 0) is 0 Å². The monoisotopic (exact) mass is 374 g/mol. The third-order valence-electron chi connectivity index (χ3n) is 5.84. The van der Waals surface area contributed by atoms with Gasteiger partial charge in [0.05, 0.1) is 23.1 Å². The van der Waals surface area contributed by atoms with Gasteiger partial charge in [0.15, 0.2) is 0 Å². The van der Waals surface area contributed by atoms with Gasteiger partial charge in [-0.2, -0.15) is 5.10 Å². The van der Waals surface area contributed by atoms with Crippen molar-refractivity contribution < 1.29 is 4.79 Å². The van der Waals surface area contributed by atoms with E-state index in [1.807, 2.05) is 52.9 Å². The van der Waals surface area contributed by atoms with E-state index in [1.54, 1.807) is 6.20 Å². The Balaban J connectivity index is 1.60. The molecular formula is C23H26N4O. The van der Waals surface area contributed by atoms with Crippen LogP contribution in [0.2, 0.25) is 0 Å². The number of aromatic nitrogens is 2. The summed E-state index contributed by atoms with van der Waals surface area (Å²) in [6.45, 7) is 5.96. The quantitative estimate of drug-likeness (QED) is 0.762. The topological polar surface area (TPSA) is 64.2 Å². The summed E-state index contributed by atoms with van der Waals surface area (Å²) in [4.78, 5) is 15.2. The maximum atomic E-state index is 13.3. The van der Waals surface area contributed by atoms with Crippen molar-refractivity contribution in [3.63, 3.8) is 0 Å². The lowest BCUT2D eigenvalue weighted by atomic mass is 9.89. The molecule has 0 unspecified atom stereocenters. The Labute approximate surface area is 165 Å². The van der Waals surface area contributed by atoms with E-state index < -0.39 is 0 Å². The Kier molecular flexibility index (Phi) is 5.01. The zero-order valence-corrected chi connectivity index (χ0v) is 16.4. The van der Waals surface area contributed by atoms with Gasteiger partial charge in [0, 0.05) is 19.0 Å². The Morgan fingerprint density at radius 1 is 1.07 bits per heavy atom. The van der Waals surface area contributed by atoms with Crippen molar-refractivity contribution in [3.8, 4) is 5.69 Å². The molecule has 2 heterocycles. The molecule has 2 aromatic carbocycles. The molecule has 28 heavy (non-hydrogen) atoms. The molecule has 1 amide bonds. The first-order chi connectivity index (χ1) is 13.6. The van der Waals surface area contributed by atoms with Gasteiger partial charge < -0.3 is 10.6 Å². The third kappa shape index (κ3) is 3.22. The van der Waals surface area contributed by atoms with Gasteiger partial charge in [-0.3, -0.25) is 4.79 Å². The van der Waals surface area contributed by atoms with Crippen molar-refractivity contribution in [1.82, 2.24) is 14.7 Å². The maximum Gasteiger partial charge on any atom is 0.257 e. The van der Waals surface area contributed by atoms with Gasteiger partial charge in [-0.15, -0.1) is 0 Å². The zero-order valence-electron chi connectivity index (χ0n) is 16.4.